The molecule has 0 aliphatic heterocycles. The quantitative estimate of drug-likeness (QED) is 0.529. The van der Waals surface area contributed by atoms with Crippen molar-refractivity contribution in [3.8, 4) is 0 Å². The van der Waals surface area contributed by atoms with Crippen LogP contribution in [0.4, 0.5) is 0 Å². The highest BCUT2D eigenvalue weighted by Gasteiger charge is 2.28. The third-order valence-electron chi connectivity index (χ3n) is 0.843. The molecule has 0 aliphatic carbocycles. The largest absolute Gasteiger partial charge is 1.47 e. The van der Waals surface area contributed by atoms with Crippen LogP contribution in [-0.4, -0.2) is 33.4 Å². The Morgan fingerprint density at radius 1 is 1.30 bits per heavy atom. The molecule has 0 heterocycles. The van der Waals surface area contributed by atoms with Gasteiger partial charge in [-0.15, -0.1) is 0 Å². The lowest BCUT2D eigenvalue weighted by Gasteiger charge is -1.65. The van der Waals surface area contributed by atoms with Crippen LogP contribution < -0.4 is 3.69 Å². The van der Waals surface area contributed by atoms with E-state index in [1.54, 1.807) is 6.92 Å². The van der Waals surface area contributed by atoms with Crippen molar-refractivity contribution in [3.63, 3.8) is 0 Å². The lowest BCUT2D eigenvalue weighted by molar-refractivity contribution is 0.318. The van der Waals surface area contributed by atoms with Gasteiger partial charge in [0.05, 0.1) is 0 Å². The minimum Gasteiger partial charge on any atom is -0.397 e. The summed E-state index contributed by atoms with van der Waals surface area (Å²) in [5.74, 6) is 0. The summed E-state index contributed by atoms with van der Waals surface area (Å²) in [6.45, 7) is 1.93. The van der Waals surface area contributed by atoms with Gasteiger partial charge < -0.3 is 5.11 Å². The van der Waals surface area contributed by atoms with Crippen LogP contribution in [0.15, 0.2) is 30.3 Å². The van der Waals surface area contributed by atoms with Crippen LogP contribution in [0.2, 0.25) is 0 Å². The number of aliphatic hydroxyl groups is 1. The van der Waals surface area contributed by atoms with Crippen LogP contribution >= 0.6 is 0 Å². The monoisotopic (exact) mass is 147 g/mol. The molecule has 1 N–H and O–H groups in total. The van der Waals surface area contributed by atoms with Crippen molar-refractivity contribution >= 4 is 25.4 Å². The fourth-order valence-electron chi connectivity index (χ4n) is 0.478. The van der Waals surface area contributed by atoms with Crippen LogP contribution in [-0.2, 0) is 0 Å². The highest BCUT2D eigenvalue weighted by molar-refractivity contribution is 6.32. The number of hydrogen-bond donors (Lipinski definition) is 1. The fraction of sp³-hybridized carbons (Fsp3) is 0.250. The fourth-order valence-corrected chi connectivity index (χ4v) is 0.750. The Balaban J connectivity index is 0.000000236. The molecule has 0 atom stereocenters. The van der Waals surface area contributed by atoms with Gasteiger partial charge in [0.1, 0.15) is 0 Å². The second kappa shape index (κ2) is 7.06. The van der Waals surface area contributed by atoms with E-state index in [-0.39, 0.29) is 6.61 Å². The molecule has 2 heteroatoms. The van der Waals surface area contributed by atoms with Gasteiger partial charge in [-0.1, -0.05) is 18.2 Å². The molecule has 1 nitrogen and oxygen atoms in total. The summed E-state index contributed by atoms with van der Waals surface area (Å²) in [6.07, 6.45) is 0. The van der Waals surface area contributed by atoms with E-state index in [1.807, 2.05) is 39.9 Å². The Labute approximate surface area is 74.5 Å². The standard InChI is InChI=1S/C6H5.C2H6O.Mg/c1-2-4-6-5-3-1;1-2-3;/h1-5H;3H,2H2,1H3;/q;;+2. The Morgan fingerprint density at radius 3 is 1.90 bits per heavy atom. The highest BCUT2D eigenvalue weighted by Crippen LogP contribution is 1.76. The first-order chi connectivity index (χ1) is 4.81. The summed E-state index contributed by atoms with van der Waals surface area (Å²) >= 11 is 1.90. The Hall–Kier alpha value is -0.0538. The topological polar surface area (TPSA) is 20.2 Å². The van der Waals surface area contributed by atoms with Gasteiger partial charge >= 0.3 is 25.4 Å². The zero-order valence-electron chi connectivity index (χ0n) is 6.25. The van der Waals surface area contributed by atoms with Gasteiger partial charge in [-0.25, -0.2) is 0 Å². The van der Waals surface area contributed by atoms with Crippen molar-refractivity contribution < 1.29 is 5.11 Å². The minimum atomic E-state index is 0.250. The van der Waals surface area contributed by atoms with Crippen LogP contribution in [0.3, 0.4) is 0 Å². The minimum absolute atomic E-state index is 0.250. The molecule has 0 bridgehead atoms. The first kappa shape index (κ1) is 9.95. The molecule has 0 saturated carbocycles. The van der Waals surface area contributed by atoms with E-state index >= 15 is 0 Å². The van der Waals surface area contributed by atoms with Gasteiger partial charge in [0, 0.05) is 18.7 Å². The van der Waals surface area contributed by atoms with E-state index < -0.39 is 0 Å². The number of benzene rings is 1. The lowest BCUT2D eigenvalue weighted by Crippen LogP contribution is -1.97. The molecule has 7 radical (unpaired) electrons. The molecular formula is C8H11MgO+2. The first-order valence-electron chi connectivity index (χ1n) is 3.29. The maximum Gasteiger partial charge on any atom is 1.47 e. The molecule has 0 aromatic heterocycles. The smallest absolute Gasteiger partial charge is 0.397 e. The van der Waals surface area contributed by atoms with E-state index in [0.29, 0.717) is 0 Å². The van der Waals surface area contributed by atoms with Crippen molar-refractivity contribution in [2.45, 2.75) is 6.92 Å². The third kappa shape index (κ3) is 6.07. The number of rotatable bonds is 0. The third-order valence-corrected chi connectivity index (χ3v) is 1.31. The summed E-state index contributed by atoms with van der Waals surface area (Å²) < 4.78 is 1.35. The predicted molar refractivity (Wildman–Crippen MR) is 44.6 cm³/mol. The van der Waals surface area contributed by atoms with Crippen molar-refractivity contribution in [2.24, 2.45) is 0 Å². The van der Waals surface area contributed by atoms with Gasteiger partial charge in [0.25, 0.3) is 0 Å². The van der Waals surface area contributed by atoms with Crippen LogP contribution in [0.25, 0.3) is 0 Å². The van der Waals surface area contributed by atoms with Gasteiger partial charge in [-0.05, 0) is 6.92 Å². The summed E-state index contributed by atoms with van der Waals surface area (Å²) in [5.41, 5.74) is 0. The van der Waals surface area contributed by atoms with Gasteiger partial charge in [-0.3, -0.25) is 0 Å². The van der Waals surface area contributed by atoms with Gasteiger partial charge in [0.2, 0.25) is 0 Å². The summed E-state index contributed by atoms with van der Waals surface area (Å²) in [4.78, 5) is 0. The molecular weight excluding hydrogens is 136 g/mol. The zero-order valence-corrected chi connectivity index (χ0v) is 7.66. The molecule has 49 valence electrons. The lowest BCUT2D eigenvalue weighted by atomic mass is 10.4. The Morgan fingerprint density at radius 2 is 1.70 bits per heavy atom. The molecule has 1 aromatic carbocycles. The Bertz CT molecular complexity index is 151. The number of hydrogen-bond acceptors (Lipinski definition) is 1. The van der Waals surface area contributed by atoms with Gasteiger partial charge in [0.15, 0.2) is 0 Å². The van der Waals surface area contributed by atoms with Crippen molar-refractivity contribution in [2.75, 3.05) is 6.61 Å². The van der Waals surface area contributed by atoms with E-state index in [1.165, 1.54) is 3.69 Å². The highest BCUT2D eigenvalue weighted by atomic mass is 24.4. The van der Waals surface area contributed by atoms with Crippen LogP contribution in [0.5, 0.6) is 0 Å². The molecule has 0 unspecified atom stereocenters. The molecule has 1 aromatic rings. The van der Waals surface area contributed by atoms with E-state index in [2.05, 4.69) is 12.1 Å². The molecule has 0 spiro atoms. The van der Waals surface area contributed by atoms with E-state index in [4.69, 9.17) is 5.11 Å². The first-order valence-corrected chi connectivity index (χ1v) is 3.99. The molecule has 0 amide bonds. The predicted octanol–water partition coefficient (Wildman–Crippen LogP) is 0.479. The maximum atomic E-state index is 7.57. The van der Waals surface area contributed by atoms with Crippen molar-refractivity contribution in [1.29, 1.82) is 0 Å². The van der Waals surface area contributed by atoms with Crippen molar-refractivity contribution in [3.05, 3.63) is 30.3 Å². The van der Waals surface area contributed by atoms with Gasteiger partial charge in [-0.2, -0.15) is 0 Å². The molecule has 0 saturated heterocycles. The van der Waals surface area contributed by atoms with Crippen molar-refractivity contribution in [1.82, 2.24) is 0 Å². The second-order valence-corrected chi connectivity index (χ2v) is 2.62. The average Bonchev–Trinajstić information content (AvgIpc) is 1.91. The van der Waals surface area contributed by atoms with Crippen LogP contribution in [0, 0.1) is 0 Å². The van der Waals surface area contributed by atoms with E-state index in [0.717, 1.165) is 0 Å². The Kier molecular flexibility index (Phi) is 7.02. The number of aliphatic hydroxyl groups excluding tert-OH is 1. The second-order valence-electron chi connectivity index (χ2n) is 1.80. The average molecular weight is 147 g/mol. The van der Waals surface area contributed by atoms with E-state index in [9.17, 15) is 0 Å². The molecule has 0 fully saturated rings. The SMILES string of the molecule is CCO.[Mg+2][c]1ccccc1. The summed E-state index contributed by atoms with van der Waals surface area (Å²) in [7, 11) is 0. The molecule has 10 heavy (non-hydrogen) atoms. The normalized spacial score (nSPS) is 7.90. The summed E-state index contributed by atoms with van der Waals surface area (Å²) in [5, 5.41) is 7.57. The molecule has 1 rings (SSSR count). The summed E-state index contributed by atoms with van der Waals surface area (Å²) in [6, 6.07) is 10.3. The maximum absolute atomic E-state index is 7.57. The zero-order chi connectivity index (χ0) is 7.82. The molecule has 0 aliphatic rings. The van der Waals surface area contributed by atoms with Crippen LogP contribution in [0.1, 0.15) is 6.92 Å².